The first kappa shape index (κ1) is 17.4. The molecule has 6 heteroatoms. The van der Waals surface area contributed by atoms with E-state index in [-0.39, 0.29) is 39.3 Å². The summed E-state index contributed by atoms with van der Waals surface area (Å²) >= 11 is 0. The number of dihydropyridines is 1. The molecule has 1 aliphatic heterocycles. The second-order valence-corrected chi connectivity index (χ2v) is 7.88. The minimum absolute atomic E-state index is 0.0673. The Hall–Kier alpha value is -2.47. The predicted molar refractivity (Wildman–Crippen MR) is 93.5 cm³/mol. The van der Waals surface area contributed by atoms with Gasteiger partial charge in [0, 0.05) is 12.6 Å². The number of nitrogens with one attached hydrogen (secondary N) is 1. The van der Waals surface area contributed by atoms with Gasteiger partial charge in [0.15, 0.2) is 5.78 Å². The lowest BCUT2D eigenvalue weighted by atomic mass is 9.82. The van der Waals surface area contributed by atoms with Gasteiger partial charge < -0.3 is 15.0 Å². The first-order valence-electron chi connectivity index (χ1n) is 8.23. The van der Waals surface area contributed by atoms with Gasteiger partial charge in [-0.2, -0.15) is 0 Å². The summed E-state index contributed by atoms with van der Waals surface area (Å²) in [5.41, 5.74) is 1.22. The van der Waals surface area contributed by atoms with Crippen LogP contribution in [0.3, 0.4) is 0 Å². The number of allylic oxidation sites excluding steroid dienone is 3. The van der Waals surface area contributed by atoms with Crippen molar-refractivity contribution in [2.45, 2.75) is 47.4 Å². The maximum Gasteiger partial charge on any atom is 0.251 e. The molecular weight excluding hydrogens is 320 g/mol. The zero-order valence-electron chi connectivity index (χ0n) is 15.1. The van der Waals surface area contributed by atoms with E-state index in [1.807, 2.05) is 20.8 Å². The van der Waals surface area contributed by atoms with Crippen LogP contribution in [-0.2, 0) is 6.54 Å². The average Bonchev–Trinajstić information content (AvgIpc) is 2.45. The summed E-state index contributed by atoms with van der Waals surface area (Å²) in [7, 11) is 0. The highest BCUT2D eigenvalue weighted by Crippen LogP contribution is 2.33. The number of rotatable bonds is 1. The van der Waals surface area contributed by atoms with Crippen molar-refractivity contribution < 1.29 is 14.7 Å². The first-order valence-corrected chi connectivity index (χ1v) is 8.23. The van der Waals surface area contributed by atoms with E-state index in [0.29, 0.717) is 17.7 Å². The zero-order chi connectivity index (χ0) is 18.7. The number of pyridine rings is 1. The number of aryl methyl sites for hydroxylation is 1. The molecule has 2 heterocycles. The monoisotopic (exact) mass is 342 g/mol. The van der Waals surface area contributed by atoms with Crippen molar-refractivity contribution in [3.8, 4) is 0 Å². The van der Waals surface area contributed by atoms with Gasteiger partial charge in [-0.25, -0.2) is 0 Å². The quantitative estimate of drug-likeness (QED) is 0.811. The van der Waals surface area contributed by atoms with Crippen molar-refractivity contribution in [3.05, 3.63) is 56.2 Å². The second-order valence-electron chi connectivity index (χ2n) is 7.88. The third-order valence-corrected chi connectivity index (χ3v) is 4.38. The van der Waals surface area contributed by atoms with Crippen LogP contribution >= 0.6 is 0 Å². The molecule has 1 atom stereocenters. The van der Waals surface area contributed by atoms with Gasteiger partial charge in [-0.15, -0.1) is 0 Å². The van der Waals surface area contributed by atoms with Crippen molar-refractivity contribution in [2.75, 3.05) is 0 Å². The number of hydrogen-bond acceptors (Lipinski definition) is 5. The number of aliphatic hydroxyl groups is 1. The largest absolute Gasteiger partial charge is 0.370 e. The SMILES string of the molecule is CC1=CC(O)NC2=C1C(=O)c1c(C)cc(=O)n(CC(C)(C)C)c1C2=O. The molecule has 0 spiro atoms. The summed E-state index contributed by atoms with van der Waals surface area (Å²) in [5.74, 6) is -0.723. The van der Waals surface area contributed by atoms with Crippen molar-refractivity contribution in [1.29, 1.82) is 0 Å². The number of nitrogens with zero attached hydrogens (tertiary/aromatic N) is 1. The molecule has 1 unspecified atom stereocenters. The standard InChI is InChI=1S/C19H22N2O4/c1-9-6-11(22)20-15-13(9)17(24)14-10(2)7-12(23)21(8-19(3,4)5)16(14)18(15)25/h6-7,11,20,22H,8H2,1-5H3. The fourth-order valence-corrected chi connectivity index (χ4v) is 3.42. The van der Waals surface area contributed by atoms with Gasteiger partial charge in [-0.3, -0.25) is 14.4 Å². The Balaban J connectivity index is 2.32. The fourth-order valence-electron chi connectivity index (χ4n) is 3.42. The van der Waals surface area contributed by atoms with Gasteiger partial charge in [-0.05, 0) is 36.5 Å². The van der Waals surface area contributed by atoms with Crippen LogP contribution in [0.4, 0.5) is 0 Å². The molecule has 2 aliphatic rings. The molecule has 0 radical (unpaired) electrons. The molecule has 1 aromatic rings. The lowest BCUT2D eigenvalue weighted by Crippen LogP contribution is -2.43. The van der Waals surface area contributed by atoms with Crippen molar-refractivity contribution in [2.24, 2.45) is 5.41 Å². The molecule has 1 aromatic heterocycles. The number of fused-ring (bicyclic) bond motifs is 1. The molecule has 0 saturated heterocycles. The Morgan fingerprint density at radius 2 is 1.80 bits per heavy atom. The Labute approximate surface area is 145 Å². The molecule has 0 fully saturated rings. The van der Waals surface area contributed by atoms with Crippen molar-refractivity contribution in [3.63, 3.8) is 0 Å². The maximum absolute atomic E-state index is 13.1. The van der Waals surface area contributed by atoms with Crippen LogP contribution in [0.2, 0.25) is 0 Å². The van der Waals surface area contributed by atoms with Gasteiger partial charge >= 0.3 is 0 Å². The number of ketones is 2. The lowest BCUT2D eigenvalue weighted by molar-refractivity contribution is 0.0938. The highest BCUT2D eigenvalue weighted by molar-refractivity contribution is 6.28. The third-order valence-electron chi connectivity index (χ3n) is 4.38. The Morgan fingerprint density at radius 3 is 2.40 bits per heavy atom. The van der Waals surface area contributed by atoms with Gasteiger partial charge in [0.25, 0.3) is 5.56 Å². The lowest BCUT2D eigenvalue weighted by Gasteiger charge is -2.31. The molecule has 2 N–H and O–H groups in total. The molecule has 0 amide bonds. The molecule has 132 valence electrons. The molecule has 0 bridgehead atoms. The molecule has 6 nitrogen and oxygen atoms in total. The predicted octanol–water partition coefficient (Wildman–Crippen LogP) is 1.70. The van der Waals surface area contributed by atoms with Crippen LogP contribution in [0.1, 0.15) is 54.1 Å². The Morgan fingerprint density at radius 1 is 1.16 bits per heavy atom. The zero-order valence-corrected chi connectivity index (χ0v) is 15.1. The van der Waals surface area contributed by atoms with E-state index < -0.39 is 12.0 Å². The van der Waals surface area contributed by atoms with Gasteiger partial charge in [0.05, 0.1) is 16.8 Å². The fraction of sp³-hybridized carbons (Fsp3) is 0.421. The number of carbonyl (C=O) groups is 2. The summed E-state index contributed by atoms with van der Waals surface area (Å²) in [4.78, 5) is 38.7. The highest BCUT2D eigenvalue weighted by Gasteiger charge is 2.39. The molecular formula is C19H22N2O4. The van der Waals surface area contributed by atoms with E-state index in [2.05, 4.69) is 5.32 Å². The normalized spacial score (nSPS) is 20.1. The summed E-state index contributed by atoms with van der Waals surface area (Å²) < 4.78 is 1.38. The van der Waals surface area contributed by atoms with Crippen LogP contribution < -0.4 is 10.9 Å². The summed E-state index contributed by atoms with van der Waals surface area (Å²) in [5, 5.41) is 12.6. The van der Waals surface area contributed by atoms with Crippen molar-refractivity contribution >= 4 is 11.6 Å². The number of aromatic nitrogens is 1. The molecule has 0 saturated carbocycles. The van der Waals surface area contributed by atoms with Crippen LogP contribution in [0, 0.1) is 12.3 Å². The Bertz CT molecular complexity index is 926. The van der Waals surface area contributed by atoms with Crippen molar-refractivity contribution in [1.82, 2.24) is 9.88 Å². The number of hydrogen-bond donors (Lipinski definition) is 2. The molecule has 3 rings (SSSR count). The number of Topliss-reactive ketones (excluding diaryl/α,β-unsaturated/α-hetero) is 2. The number of aliphatic hydroxyl groups excluding tert-OH is 1. The van der Waals surface area contributed by atoms with E-state index in [0.717, 1.165) is 0 Å². The first-order chi connectivity index (χ1) is 11.5. The highest BCUT2D eigenvalue weighted by atomic mass is 16.3. The third kappa shape index (κ3) is 2.76. The summed E-state index contributed by atoms with van der Waals surface area (Å²) in [6, 6.07) is 1.41. The van der Waals surface area contributed by atoms with Crippen LogP contribution in [0.25, 0.3) is 0 Å². The minimum Gasteiger partial charge on any atom is -0.370 e. The van der Waals surface area contributed by atoms with E-state index in [1.165, 1.54) is 16.7 Å². The van der Waals surface area contributed by atoms with Gasteiger partial charge in [-0.1, -0.05) is 20.8 Å². The Kier molecular flexibility index (Phi) is 3.84. The number of carbonyl (C=O) groups excluding carboxylic acids is 2. The smallest absolute Gasteiger partial charge is 0.251 e. The van der Waals surface area contributed by atoms with Crippen LogP contribution in [-0.4, -0.2) is 27.5 Å². The topological polar surface area (TPSA) is 88.4 Å². The van der Waals surface area contributed by atoms with Gasteiger partial charge in [0.1, 0.15) is 11.9 Å². The van der Waals surface area contributed by atoms with Gasteiger partial charge in [0.2, 0.25) is 5.78 Å². The van der Waals surface area contributed by atoms with E-state index in [1.54, 1.807) is 13.8 Å². The summed E-state index contributed by atoms with van der Waals surface area (Å²) in [6.07, 6.45) is 0.458. The minimum atomic E-state index is -1.04. The molecule has 1 aliphatic carbocycles. The van der Waals surface area contributed by atoms with E-state index in [9.17, 15) is 19.5 Å². The second kappa shape index (κ2) is 5.52. The molecule has 0 aromatic carbocycles. The van der Waals surface area contributed by atoms with E-state index >= 15 is 0 Å². The van der Waals surface area contributed by atoms with E-state index in [4.69, 9.17) is 0 Å². The van der Waals surface area contributed by atoms with Crippen LogP contribution in [0.15, 0.2) is 33.8 Å². The molecule has 25 heavy (non-hydrogen) atoms. The summed E-state index contributed by atoms with van der Waals surface area (Å²) in [6.45, 7) is 9.55. The van der Waals surface area contributed by atoms with Crippen LogP contribution in [0.5, 0.6) is 0 Å². The average molecular weight is 342 g/mol. The maximum atomic E-state index is 13.1.